The number of Topliss-reactive ketones (excluding diaryl/α,β-unsaturated/α-hetero) is 1. The lowest BCUT2D eigenvalue weighted by Crippen LogP contribution is -2.29. The van der Waals surface area contributed by atoms with Crippen molar-refractivity contribution in [1.29, 1.82) is 0 Å². The zero-order valence-electron chi connectivity index (χ0n) is 22.7. The molecule has 1 fully saturated rings. The largest absolute Gasteiger partial charge is 0.507 e. The molecule has 196 valence electrons. The Labute approximate surface area is 223 Å². The fourth-order valence-corrected chi connectivity index (χ4v) is 4.90. The molecule has 1 N–H and O–H groups in total. The van der Waals surface area contributed by atoms with Crippen LogP contribution >= 0.6 is 0 Å². The second kappa shape index (κ2) is 9.05. The number of aliphatic hydroxyl groups excluding tert-OH is 1. The zero-order valence-corrected chi connectivity index (χ0v) is 22.7. The van der Waals surface area contributed by atoms with Gasteiger partial charge in [-0.2, -0.15) is 0 Å². The number of ketones is 1. The number of hydrogen-bond donors (Lipinski definition) is 1. The van der Waals surface area contributed by atoms with E-state index in [-0.39, 0.29) is 29.0 Å². The Kier molecular flexibility index (Phi) is 6.09. The highest BCUT2D eigenvalue weighted by Gasteiger charge is 2.47. The Morgan fingerprint density at radius 3 is 1.92 bits per heavy atom. The van der Waals surface area contributed by atoms with Gasteiger partial charge < -0.3 is 14.6 Å². The molecule has 0 bridgehead atoms. The van der Waals surface area contributed by atoms with Crippen molar-refractivity contribution in [3.05, 3.63) is 94.6 Å². The van der Waals surface area contributed by atoms with Crippen LogP contribution in [-0.2, 0) is 20.4 Å². The number of anilines is 1. The molecule has 1 unspecified atom stereocenters. The molecule has 2 aliphatic rings. The Hall–Kier alpha value is -4.06. The fraction of sp³-hybridized carbons (Fsp3) is 0.312. The number of fused-ring (bicyclic) bond motifs is 1. The molecule has 3 aromatic rings. The second-order valence-corrected chi connectivity index (χ2v) is 11.9. The van der Waals surface area contributed by atoms with E-state index in [0.717, 1.165) is 16.7 Å². The number of benzene rings is 3. The molecule has 38 heavy (non-hydrogen) atoms. The molecule has 1 atom stereocenters. The van der Waals surface area contributed by atoms with Crippen LogP contribution in [0.15, 0.2) is 72.3 Å². The maximum absolute atomic E-state index is 13.5. The molecular formula is C32H33NO5. The lowest BCUT2D eigenvalue weighted by atomic mass is 9.85. The average Bonchev–Trinajstić information content (AvgIpc) is 3.44. The topological polar surface area (TPSA) is 76.1 Å². The maximum Gasteiger partial charge on any atom is 0.300 e. The van der Waals surface area contributed by atoms with Gasteiger partial charge in [-0.3, -0.25) is 14.5 Å². The third kappa shape index (κ3) is 4.44. The van der Waals surface area contributed by atoms with Crippen molar-refractivity contribution in [2.45, 2.75) is 58.4 Å². The van der Waals surface area contributed by atoms with Crippen molar-refractivity contribution < 1.29 is 24.2 Å². The minimum atomic E-state index is -0.796. The van der Waals surface area contributed by atoms with Crippen molar-refractivity contribution in [2.24, 2.45) is 0 Å². The molecule has 0 aromatic heterocycles. The summed E-state index contributed by atoms with van der Waals surface area (Å²) in [6.45, 7) is 12.8. The van der Waals surface area contributed by atoms with Gasteiger partial charge in [0.25, 0.3) is 11.7 Å². The van der Waals surface area contributed by atoms with E-state index in [0.29, 0.717) is 22.7 Å². The highest BCUT2D eigenvalue weighted by Crippen LogP contribution is 2.44. The van der Waals surface area contributed by atoms with Crippen molar-refractivity contribution in [2.75, 3.05) is 11.7 Å². The van der Waals surface area contributed by atoms with Gasteiger partial charge >= 0.3 is 0 Å². The fourth-order valence-electron chi connectivity index (χ4n) is 4.90. The average molecular weight is 512 g/mol. The minimum Gasteiger partial charge on any atom is -0.507 e. The van der Waals surface area contributed by atoms with Crippen LogP contribution in [0.1, 0.15) is 69.8 Å². The lowest BCUT2D eigenvalue weighted by Gasteiger charge is -2.27. The number of aliphatic hydroxyl groups is 1. The first-order chi connectivity index (χ1) is 17.9. The molecule has 6 heteroatoms. The maximum atomic E-state index is 13.5. The number of hydrogen-bond acceptors (Lipinski definition) is 5. The zero-order chi connectivity index (χ0) is 27.4. The van der Waals surface area contributed by atoms with Crippen LogP contribution in [0.25, 0.3) is 5.76 Å². The Morgan fingerprint density at radius 2 is 1.34 bits per heavy atom. The number of amides is 1. The minimum absolute atomic E-state index is 0.0391. The van der Waals surface area contributed by atoms with Gasteiger partial charge in [0.15, 0.2) is 11.5 Å². The van der Waals surface area contributed by atoms with E-state index >= 15 is 0 Å². The normalized spacial score (nSPS) is 18.8. The number of ether oxygens (including phenoxy) is 2. The predicted molar refractivity (Wildman–Crippen MR) is 148 cm³/mol. The van der Waals surface area contributed by atoms with E-state index in [9.17, 15) is 14.7 Å². The summed E-state index contributed by atoms with van der Waals surface area (Å²) in [7, 11) is 0. The summed E-state index contributed by atoms with van der Waals surface area (Å²) >= 11 is 0. The second-order valence-electron chi connectivity index (χ2n) is 11.9. The summed E-state index contributed by atoms with van der Waals surface area (Å²) in [6.07, 6.45) is 0. The smallest absolute Gasteiger partial charge is 0.300 e. The van der Waals surface area contributed by atoms with Crippen LogP contribution in [-0.4, -0.2) is 23.6 Å². The van der Waals surface area contributed by atoms with Gasteiger partial charge in [0.1, 0.15) is 5.76 Å². The van der Waals surface area contributed by atoms with Gasteiger partial charge in [0.2, 0.25) is 6.79 Å². The highest BCUT2D eigenvalue weighted by molar-refractivity contribution is 6.51. The van der Waals surface area contributed by atoms with Crippen molar-refractivity contribution in [1.82, 2.24) is 0 Å². The predicted octanol–water partition coefficient (Wildman–Crippen LogP) is 6.64. The van der Waals surface area contributed by atoms with Crippen molar-refractivity contribution >= 4 is 23.1 Å². The molecule has 0 saturated carbocycles. The standard InChI is InChI=1S/C32H33NO5/c1-31(2,3)21-10-7-19(8-11-21)27-26(28(34)20-9-16-24-25(17-20)38-18-37-24)29(35)30(36)33(27)23-14-12-22(13-15-23)32(4,5)6/h7-17,27,34H,18H2,1-6H3/b28-26-. The van der Waals surface area contributed by atoms with Gasteiger partial charge in [-0.15, -0.1) is 0 Å². The first-order valence-electron chi connectivity index (χ1n) is 12.8. The summed E-state index contributed by atoms with van der Waals surface area (Å²) in [5, 5.41) is 11.5. The van der Waals surface area contributed by atoms with Gasteiger partial charge in [0.05, 0.1) is 11.6 Å². The molecule has 0 radical (unpaired) electrons. The SMILES string of the molecule is CC(C)(C)c1ccc(C2/C(=C(/O)c3ccc4c(c3)OCO4)C(=O)C(=O)N2c2ccc(C(C)(C)C)cc2)cc1. The van der Waals surface area contributed by atoms with Crippen LogP contribution in [0.5, 0.6) is 11.5 Å². The summed E-state index contributed by atoms with van der Waals surface area (Å²) in [5.74, 6) is -0.617. The molecule has 2 aliphatic heterocycles. The molecule has 6 nitrogen and oxygen atoms in total. The molecule has 1 saturated heterocycles. The third-order valence-corrected chi connectivity index (χ3v) is 7.19. The van der Waals surface area contributed by atoms with Gasteiger partial charge in [-0.1, -0.05) is 77.9 Å². The van der Waals surface area contributed by atoms with Crippen LogP contribution in [0, 0.1) is 0 Å². The van der Waals surface area contributed by atoms with E-state index < -0.39 is 17.7 Å². The van der Waals surface area contributed by atoms with E-state index in [2.05, 4.69) is 41.5 Å². The number of nitrogens with zero attached hydrogens (tertiary/aromatic N) is 1. The van der Waals surface area contributed by atoms with E-state index in [1.165, 1.54) is 4.90 Å². The van der Waals surface area contributed by atoms with Crippen LogP contribution < -0.4 is 14.4 Å². The summed E-state index contributed by atoms with van der Waals surface area (Å²) in [5.41, 5.74) is 3.87. The number of rotatable bonds is 3. The van der Waals surface area contributed by atoms with Gasteiger partial charge in [-0.25, -0.2) is 0 Å². The first-order valence-corrected chi connectivity index (χ1v) is 12.8. The molecule has 5 rings (SSSR count). The molecule has 1 amide bonds. The quantitative estimate of drug-likeness (QED) is 0.242. The lowest BCUT2D eigenvalue weighted by molar-refractivity contribution is -0.132. The molecule has 0 spiro atoms. The highest BCUT2D eigenvalue weighted by atomic mass is 16.7. The van der Waals surface area contributed by atoms with E-state index in [4.69, 9.17) is 9.47 Å². The Balaban J connectivity index is 1.67. The first kappa shape index (κ1) is 25.6. The van der Waals surface area contributed by atoms with Crippen molar-refractivity contribution in [3.8, 4) is 11.5 Å². The number of carbonyl (C=O) groups is 2. The van der Waals surface area contributed by atoms with Crippen LogP contribution in [0.3, 0.4) is 0 Å². The summed E-state index contributed by atoms with van der Waals surface area (Å²) in [4.78, 5) is 28.5. The Bertz CT molecular complexity index is 1440. The van der Waals surface area contributed by atoms with E-state index in [1.54, 1.807) is 18.2 Å². The monoisotopic (exact) mass is 511 g/mol. The van der Waals surface area contributed by atoms with Gasteiger partial charge in [-0.05, 0) is 57.9 Å². The molecule has 0 aliphatic carbocycles. The third-order valence-electron chi connectivity index (χ3n) is 7.19. The summed E-state index contributed by atoms with van der Waals surface area (Å²) < 4.78 is 10.9. The molecular weight excluding hydrogens is 478 g/mol. The Morgan fingerprint density at radius 1 is 0.789 bits per heavy atom. The van der Waals surface area contributed by atoms with Crippen molar-refractivity contribution in [3.63, 3.8) is 0 Å². The van der Waals surface area contributed by atoms with Crippen LogP contribution in [0.4, 0.5) is 5.69 Å². The van der Waals surface area contributed by atoms with E-state index in [1.807, 2.05) is 48.5 Å². The number of carbonyl (C=O) groups excluding carboxylic acids is 2. The summed E-state index contributed by atoms with van der Waals surface area (Å²) in [6, 6.07) is 19.8. The van der Waals surface area contributed by atoms with Crippen LogP contribution in [0.2, 0.25) is 0 Å². The molecule has 3 aromatic carbocycles. The van der Waals surface area contributed by atoms with Gasteiger partial charge in [0, 0.05) is 11.3 Å². The molecule has 2 heterocycles.